The van der Waals surface area contributed by atoms with Crippen LogP contribution in [0.25, 0.3) is 0 Å². The van der Waals surface area contributed by atoms with Crippen LogP contribution in [-0.2, 0) is 4.74 Å². The summed E-state index contributed by atoms with van der Waals surface area (Å²) in [4.78, 5) is 2.67. The van der Waals surface area contributed by atoms with Crippen molar-refractivity contribution in [3.8, 4) is 0 Å². The molecule has 2 aliphatic heterocycles. The Morgan fingerprint density at radius 3 is 2.60 bits per heavy atom. The second-order valence-corrected chi connectivity index (χ2v) is 6.83. The minimum absolute atomic E-state index is 0.524. The molecule has 4 heteroatoms. The SMILES string of the molecule is CC(CC1COCCN1)NCC(C(C)C)N1CCCC1. The predicted octanol–water partition coefficient (Wildman–Crippen LogP) is 1.46. The van der Waals surface area contributed by atoms with E-state index in [9.17, 15) is 0 Å². The molecule has 0 radical (unpaired) electrons. The van der Waals surface area contributed by atoms with Crippen molar-refractivity contribution in [2.24, 2.45) is 5.92 Å². The summed E-state index contributed by atoms with van der Waals surface area (Å²) >= 11 is 0. The first-order valence-corrected chi connectivity index (χ1v) is 8.45. The molecule has 0 amide bonds. The summed E-state index contributed by atoms with van der Waals surface area (Å²) in [6.45, 7) is 13.4. The van der Waals surface area contributed by atoms with Crippen LogP contribution >= 0.6 is 0 Å². The number of morpholine rings is 1. The maximum Gasteiger partial charge on any atom is 0.0620 e. The molecule has 3 atom stereocenters. The maximum atomic E-state index is 5.53. The van der Waals surface area contributed by atoms with E-state index in [1.54, 1.807) is 0 Å². The average Bonchev–Trinajstić information content (AvgIpc) is 2.93. The van der Waals surface area contributed by atoms with Gasteiger partial charge in [0.25, 0.3) is 0 Å². The summed E-state index contributed by atoms with van der Waals surface area (Å²) in [5.41, 5.74) is 0. The van der Waals surface area contributed by atoms with Gasteiger partial charge in [-0.05, 0) is 45.2 Å². The zero-order valence-electron chi connectivity index (χ0n) is 13.5. The molecule has 2 heterocycles. The highest BCUT2D eigenvalue weighted by Gasteiger charge is 2.25. The van der Waals surface area contributed by atoms with Crippen molar-refractivity contribution >= 4 is 0 Å². The third-order valence-electron chi connectivity index (χ3n) is 4.69. The molecule has 2 fully saturated rings. The van der Waals surface area contributed by atoms with Gasteiger partial charge >= 0.3 is 0 Å². The number of ether oxygens (including phenoxy) is 1. The Labute approximate surface area is 124 Å². The van der Waals surface area contributed by atoms with Gasteiger partial charge < -0.3 is 15.4 Å². The molecule has 0 aromatic carbocycles. The zero-order valence-corrected chi connectivity index (χ0v) is 13.5. The fourth-order valence-electron chi connectivity index (χ4n) is 3.46. The fraction of sp³-hybridized carbons (Fsp3) is 1.00. The fourth-order valence-corrected chi connectivity index (χ4v) is 3.46. The Morgan fingerprint density at radius 1 is 1.25 bits per heavy atom. The summed E-state index contributed by atoms with van der Waals surface area (Å²) < 4.78 is 5.53. The second-order valence-electron chi connectivity index (χ2n) is 6.83. The number of hydrogen-bond acceptors (Lipinski definition) is 4. The number of nitrogens with zero attached hydrogens (tertiary/aromatic N) is 1. The highest BCUT2D eigenvalue weighted by atomic mass is 16.5. The molecule has 2 N–H and O–H groups in total. The lowest BCUT2D eigenvalue weighted by Gasteiger charge is -2.33. The van der Waals surface area contributed by atoms with E-state index in [1.807, 2.05) is 0 Å². The van der Waals surface area contributed by atoms with Gasteiger partial charge in [0, 0.05) is 31.2 Å². The smallest absolute Gasteiger partial charge is 0.0620 e. The van der Waals surface area contributed by atoms with Crippen molar-refractivity contribution < 1.29 is 4.74 Å². The monoisotopic (exact) mass is 283 g/mol. The Kier molecular flexibility index (Phi) is 6.75. The largest absolute Gasteiger partial charge is 0.379 e. The molecular formula is C16H33N3O. The van der Waals surface area contributed by atoms with E-state index < -0.39 is 0 Å². The minimum Gasteiger partial charge on any atom is -0.379 e. The first-order chi connectivity index (χ1) is 9.66. The summed E-state index contributed by atoms with van der Waals surface area (Å²) in [6, 6.07) is 1.77. The number of nitrogens with one attached hydrogen (secondary N) is 2. The van der Waals surface area contributed by atoms with Gasteiger partial charge in [0.1, 0.15) is 0 Å². The number of hydrogen-bond donors (Lipinski definition) is 2. The lowest BCUT2D eigenvalue weighted by Crippen LogP contribution is -2.49. The third kappa shape index (κ3) is 4.99. The van der Waals surface area contributed by atoms with E-state index in [2.05, 4.69) is 36.3 Å². The van der Waals surface area contributed by atoms with Crippen molar-refractivity contribution in [3.63, 3.8) is 0 Å². The number of rotatable bonds is 7. The van der Waals surface area contributed by atoms with E-state index in [1.165, 1.54) is 25.9 Å². The van der Waals surface area contributed by atoms with Crippen LogP contribution < -0.4 is 10.6 Å². The summed E-state index contributed by atoms with van der Waals surface area (Å²) in [6.07, 6.45) is 3.91. The second kappa shape index (κ2) is 8.32. The third-order valence-corrected chi connectivity index (χ3v) is 4.69. The normalized spacial score (nSPS) is 27.9. The van der Waals surface area contributed by atoms with Crippen LogP contribution in [0.1, 0.15) is 40.0 Å². The minimum atomic E-state index is 0.524. The Bertz CT molecular complexity index is 260. The summed E-state index contributed by atoms with van der Waals surface area (Å²) in [5.74, 6) is 0.726. The quantitative estimate of drug-likeness (QED) is 0.742. The zero-order chi connectivity index (χ0) is 14.4. The number of likely N-dealkylation sites (tertiary alicyclic amines) is 1. The van der Waals surface area contributed by atoms with E-state index in [0.29, 0.717) is 18.1 Å². The first kappa shape index (κ1) is 16.2. The van der Waals surface area contributed by atoms with Gasteiger partial charge in [-0.1, -0.05) is 13.8 Å². The average molecular weight is 283 g/mol. The predicted molar refractivity (Wildman–Crippen MR) is 84.1 cm³/mol. The van der Waals surface area contributed by atoms with Crippen LogP contribution in [0.2, 0.25) is 0 Å². The van der Waals surface area contributed by atoms with E-state index in [0.717, 1.165) is 38.6 Å². The molecular weight excluding hydrogens is 250 g/mol. The van der Waals surface area contributed by atoms with Crippen molar-refractivity contribution in [2.45, 2.75) is 58.2 Å². The molecule has 118 valence electrons. The van der Waals surface area contributed by atoms with Crippen LogP contribution in [0.15, 0.2) is 0 Å². The lowest BCUT2D eigenvalue weighted by molar-refractivity contribution is 0.0706. The van der Waals surface area contributed by atoms with E-state index >= 15 is 0 Å². The molecule has 0 aromatic rings. The topological polar surface area (TPSA) is 36.5 Å². The molecule has 0 aliphatic carbocycles. The van der Waals surface area contributed by atoms with E-state index in [4.69, 9.17) is 4.74 Å². The summed E-state index contributed by atoms with van der Waals surface area (Å²) in [5, 5.41) is 7.29. The van der Waals surface area contributed by atoms with Crippen LogP contribution in [0.4, 0.5) is 0 Å². The van der Waals surface area contributed by atoms with Crippen LogP contribution in [0.3, 0.4) is 0 Å². The van der Waals surface area contributed by atoms with Gasteiger partial charge in [-0.25, -0.2) is 0 Å². The molecule has 0 saturated carbocycles. The molecule has 3 unspecified atom stereocenters. The van der Waals surface area contributed by atoms with Crippen molar-refractivity contribution in [1.82, 2.24) is 15.5 Å². The van der Waals surface area contributed by atoms with Crippen molar-refractivity contribution in [1.29, 1.82) is 0 Å². The Morgan fingerprint density at radius 2 is 2.00 bits per heavy atom. The lowest BCUT2D eigenvalue weighted by atomic mass is 10.0. The molecule has 0 bridgehead atoms. The van der Waals surface area contributed by atoms with E-state index in [-0.39, 0.29) is 0 Å². The molecule has 20 heavy (non-hydrogen) atoms. The molecule has 2 rings (SSSR count). The molecule has 0 spiro atoms. The van der Waals surface area contributed by atoms with Crippen LogP contribution in [0.5, 0.6) is 0 Å². The van der Waals surface area contributed by atoms with Crippen molar-refractivity contribution in [2.75, 3.05) is 39.4 Å². The highest BCUT2D eigenvalue weighted by Crippen LogP contribution is 2.17. The molecule has 2 aliphatic rings. The van der Waals surface area contributed by atoms with Gasteiger partial charge in [0.05, 0.1) is 13.2 Å². The van der Waals surface area contributed by atoms with Gasteiger partial charge in [-0.3, -0.25) is 4.90 Å². The Hall–Kier alpha value is -0.160. The Balaban J connectivity index is 1.70. The summed E-state index contributed by atoms with van der Waals surface area (Å²) in [7, 11) is 0. The van der Waals surface area contributed by atoms with Gasteiger partial charge in [-0.2, -0.15) is 0 Å². The van der Waals surface area contributed by atoms with Gasteiger partial charge in [0.15, 0.2) is 0 Å². The van der Waals surface area contributed by atoms with Gasteiger partial charge in [-0.15, -0.1) is 0 Å². The molecule has 2 saturated heterocycles. The first-order valence-electron chi connectivity index (χ1n) is 8.45. The van der Waals surface area contributed by atoms with Gasteiger partial charge in [0.2, 0.25) is 0 Å². The van der Waals surface area contributed by atoms with Crippen LogP contribution in [-0.4, -0.2) is 62.4 Å². The van der Waals surface area contributed by atoms with Crippen molar-refractivity contribution in [3.05, 3.63) is 0 Å². The maximum absolute atomic E-state index is 5.53. The molecule has 4 nitrogen and oxygen atoms in total. The standard InChI is InChI=1S/C16H33N3O/c1-13(2)16(19-7-4-5-8-19)11-18-14(3)10-15-12-20-9-6-17-15/h13-18H,4-12H2,1-3H3. The molecule has 0 aromatic heterocycles. The highest BCUT2D eigenvalue weighted by molar-refractivity contribution is 4.83. The van der Waals surface area contributed by atoms with Crippen LogP contribution in [0, 0.1) is 5.92 Å².